The molecule has 0 amide bonds. The smallest absolute Gasteiger partial charge is 0.303 e. The van der Waals surface area contributed by atoms with Gasteiger partial charge in [0.1, 0.15) is 0 Å². The highest BCUT2D eigenvalue weighted by Gasteiger charge is 2.22. The van der Waals surface area contributed by atoms with Crippen molar-refractivity contribution in [2.24, 2.45) is 7.05 Å². The maximum absolute atomic E-state index is 13.3. The molecule has 0 atom stereocenters. The van der Waals surface area contributed by atoms with Gasteiger partial charge in [-0.05, 0) is 38.5 Å². The van der Waals surface area contributed by atoms with Gasteiger partial charge in [0.2, 0.25) is 5.95 Å². The third kappa shape index (κ3) is 3.00. The monoisotopic (exact) mass is 412 g/mol. The van der Waals surface area contributed by atoms with Crippen LogP contribution in [-0.4, -0.2) is 28.5 Å². The number of benzene rings is 1. The van der Waals surface area contributed by atoms with Crippen LogP contribution in [0, 0.1) is 13.8 Å². The molecule has 0 saturated heterocycles. The summed E-state index contributed by atoms with van der Waals surface area (Å²) < 4.78 is 6.08. The first-order valence-corrected chi connectivity index (χ1v) is 9.68. The summed E-state index contributed by atoms with van der Waals surface area (Å²) in [4.78, 5) is 30.9. The van der Waals surface area contributed by atoms with Crippen LogP contribution >= 0.6 is 11.6 Å². The minimum Gasteiger partial charge on any atom is -0.303 e. The Morgan fingerprint density at radius 1 is 1.10 bits per heavy atom. The topological polar surface area (TPSA) is 79.6 Å². The standard InChI is InChI=1S/C20H21ClN6O2/c1-5-25-16-17(22-19(25)27-13(3)10-12(2)23-27)24(4)20(29)26(18(16)28)11-14-8-6-7-9-15(14)21/h6-10H,5,11H2,1-4H3. The predicted molar refractivity (Wildman–Crippen MR) is 112 cm³/mol. The van der Waals surface area contributed by atoms with Crippen molar-refractivity contribution in [2.45, 2.75) is 33.9 Å². The average Bonchev–Trinajstić information content (AvgIpc) is 3.24. The van der Waals surface area contributed by atoms with Gasteiger partial charge in [0.25, 0.3) is 5.56 Å². The molecule has 0 N–H and O–H groups in total. The molecule has 0 aliphatic carbocycles. The summed E-state index contributed by atoms with van der Waals surface area (Å²) in [5.74, 6) is 0.510. The molecule has 29 heavy (non-hydrogen) atoms. The van der Waals surface area contributed by atoms with Crippen molar-refractivity contribution >= 4 is 22.8 Å². The summed E-state index contributed by atoms with van der Waals surface area (Å²) in [5, 5.41) is 5.00. The van der Waals surface area contributed by atoms with E-state index in [1.807, 2.05) is 39.0 Å². The van der Waals surface area contributed by atoms with Crippen LogP contribution in [0.2, 0.25) is 5.02 Å². The largest absolute Gasteiger partial charge is 0.332 e. The van der Waals surface area contributed by atoms with Crippen molar-refractivity contribution in [1.29, 1.82) is 0 Å². The fourth-order valence-corrected chi connectivity index (χ4v) is 3.78. The zero-order valence-corrected chi connectivity index (χ0v) is 17.4. The van der Waals surface area contributed by atoms with E-state index in [4.69, 9.17) is 11.6 Å². The summed E-state index contributed by atoms with van der Waals surface area (Å²) in [6, 6.07) is 9.11. The molecule has 0 aliphatic rings. The number of rotatable bonds is 4. The summed E-state index contributed by atoms with van der Waals surface area (Å²) in [6.45, 7) is 6.34. The second-order valence-corrected chi connectivity index (χ2v) is 7.40. The van der Waals surface area contributed by atoms with Gasteiger partial charge in [0, 0.05) is 24.3 Å². The Morgan fingerprint density at radius 3 is 2.45 bits per heavy atom. The van der Waals surface area contributed by atoms with E-state index in [0.717, 1.165) is 11.4 Å². The van der Waals surface area contributed by atoms with Gasteiger partial charge in [-0.3, -0.25) is 13.9 Å². The fraction of sp³-hybridized carbons (Fsp3) is 0.300. The maximum atomic E-state index is 13.3. The Kier molecular flexibility index (Phi) is 4.66. The molecule has 150 valence electrons. The summed E-state index contributed by atoms with van der Waals surface area (Å²) in [5.41, 5.74) is 2.31. The lowest BCUT2D eigenvalue weighted by molar-refractivity contribution is 0.649. The summed E-state index contributed by atoms with van der Waals surface area (Å²) >= 11 is 6.25. The number of imidazole rings is 1. The normalized spacial score (nSPS) is 11.5. The summed E-state index contributed by atoms with van der Waals surface area (Å²) in [6.07, 6.45) is 0. The molecule has 0 fully saturated rings. The molecule has 0 radical (unpaired) electrons. The third-order valence-corrected chi connectivity index (χ3v) is 5.38. The summed E-state index contributed by atoms with van der Waals surface area (Å²) in [7, 11) is 1.62. The Hall–Kier alpha value is -3.13. The lowest BCUT2D eigenvalue weighted by atomic mass is 10.2. The molecule has 0 bridgehead atoms. The van der Waals surface area contributed by atoms with Crippen LogP contribution in [0.25, 0.3) is 17.1 Å². The highest BCUT2D eigenvalue weighted by molar-refractivity contribution is 6.31. The van der Waals surface area contributed by atoms with E-state index < -0.39 is 11.2 Å². The predicted octanol–water partition coefficient (Wildman–Crippen LogP) is 2.42. The minimum absolute atomic E-state index is 0.0885. The number of hydrogen-bond acceptors (Lipinski definition) is 4. The molecule has 0 spiro atoms. The van der Waals surface area contributed by atoms with Gasteiger partial charge in [-0.25, -0.2) is 9.48 Å². The Balaban J connectivity index is 2.02. The fourth-order valence-electron chi connectivity index (χ4n) is 3.59. The molecule has 3 aromatic heterocycles. The van der Waals surface area contributed by atoms with Gasteiger partial charge in [-0.15, -0.1) is 0 Å². The highest BCUT2D eigenvalue weighted by atomic mass is 35.5. The molecule has 8 nitrogen and oxygen atoms in total. The van der Waals surface area contributed by atoms with Crippen LogP contribution in [0.3, 0.4) is 0 Å². The van der Waals surface area contributed by atoms with E-state index in [-0.39, 0.29) is 6.54 Å². The molecule has 0 aliphatic heterocycles. The first-order valence-electron chi connectivity index (χ1n) is 9.30. The highest BCUT2D eigenvalue weighted by Crippen LogP contribution is 2.18. The molecule has 0 unspecified atom stereocenters. The number of hydrogen-bond donors (Lipinski definition) is 0. The lowest BCUT2D eigenvalue weighted by Crippen LogP contribution is -2.40. The van der Waals surface area contributed by atoms with E-state index in [0.29, 0.717) is 34.2 Å². The Bertz CT molecular complexity index is 1360. The van der Waals surface area contributed by atoms with Gasteiger partial charge < -0.3 is 4.57 Å². The SMILES string of the molecule is CCn1c(-n2nc(C)cc2C)nc2c1c(=O)n(Cc1ccccc1Cl)c(=O)n2C. The van der Waals surface area contributed by atoms with Gasteiger partial charge in [0.05, 0.1) is 12.2 Å². The van der Waals surface area contributed by atoms with Crippen molar-refractivity contribution in [1.82, 2.24) is 28.5 Å². The molecule has 3 heterocycles. The number of halogens is 1. The molecule has 1 aromatic carbocycles. The van der Waals surface area contributed by atoms with Crippen molar-refractivity contribution < 1.29 is 0 Å². The molecule has 9 heteroatoms. The zero-order chi connectivity index (χ0) is 20.9. The Labute approximate surface area is 171 Å². The van der Waals surface area contributed by atoms with Crippen LogP contribution in [-0.2, 0) is 20.1 Å². The van der Waals surface area contributed by atoms with Crippen LogP contribution in [0.5, 0.6) is 0 Å². The van der Waals surface area contributed by atoms with Gasteiger partial charge in [-0.2, -0.15) is 10.1 Å². The quantitative estimate of drug-likeness (QED) is 0.515. The van der Waals surface area contributed by atoms with Crippen molar-refractivity contribution in [3.8, 4) is 5.95 Å². The van der Waals surface area contributed by atoms with Crippen LogP contribution < -0.4 is 11.2 Å². The van der Waals surface area contributed by atoms with Crippen molar-refractivity contribution in [3.05, 3.63) is 73.1 Å². The molecule has 4 rings (SSSR count). The maximum Gasteiger partial charge on any atom is 0.332 e. The van der Waals surface area contributed by atoms with Crippen LogP contribution in [0.15, 0.2) is 39.9 Å². The van der Waals surface area contributed by atoms with Gasteiger partial charge >= 0.3 is 5.69 Å². The van der Waals surface area contributed by atoms with E-state index >= 15 is 0 Å². The second kappa shape index (κ2) is 7.04. The van der Waals surface area contributed by atoms with Crippen LogP contribution in [0.1, 0.15) is 23.9 Å². The molecular weight excluding hydrogens is 392 g/mol. The van der Waals surface area contributed by atoms with Gasteiger partial charge in [-0.1, -0.05) is 29.8 Å². The van der Waals surface area contributed by atoms with Gasteiger partial charge in [0.15, 0.2) is 11.2 Å². The van der Waals surface area contributed by atoms with E-state index in [1.165, 1.54) is 9.13 Å². The molecule has 0 saturated carbocycles. The second-order valence-electron chi connectivity index (χ2n) is 6.99. The number of aryl methyl sites for hydroxylation is 4. The molecule has 4 aromatic rings. The lowest BCUT2D eigenvalue weighted by Gasteiger charge is -2.10. The Morgan fingerprint density at radius 2 is 1.83 bits per heavy atom. The average molecular weight is 413 g/mol. The third-order valence-electron chi connectivity index (χ3n) is 5.01. The van der Waals surface area contributed by atoms with Crippen molar-refractivity contribution in [3.63, 3.8) is 0 Å². The first-order chi connectivity index (χ1) is 13.8. The van der Waals surface area contributed by atoms with E-state index in [2.05, 4.69) is 10.1 Å². The number of fused-ring (bicyclic) bond motifs is 1. The van der Waals surface area contributed by atoms with Crippen LogP contribution in [0.4, 0.5) is 0 Å². The molecular formula is C20H21ClN6O2. The van der Waals surface area contributed by atoms with Crippen molar-refractivity contribution in [2.75, 3.05) is 0 Å². The van der Waals surface area contributed by atoms with E-state index in [9.17, 15) is 9.59 Å². The minimum atomic E-state index is -0.442. The van der Waals surface area contributed by atoms with E-state index in [1.54, 1.807) is 28.4 Å². The number of nitrogens with zero attached hydrogens (tertiary/aromatic N) is 6. The zero-order valence-electron chi connectivity index (χ0n) is 16.7. The number of aromatic nitrogens is 6. The first kappa shape index (κ1) is 19.2.